The van der Waals surface area contributed by atoms with Gasteiger partial charge in [0.2, 0.25) is 5.91 Å². The predicted molar refractivity (Wildman–Crippen MR) is 104 cm³/mol. The van der Waals surface area contributed by atoms with E-state index in [9.17, 15) is 14.4 Å². The van der Waals surface area contributed by atoms with Gasteiger partial charge in [0.05, 0.1) is 30.6 Å². The highest BCUT2D eigenvalue weighted by Crippen LogP contribution is 2.16. The van der Waals surface area contributed by atoms with Gasteiger partial charge >= 0.3 is 0 Å². The zero-order valence-electron chi connectivity index (χ0n) is 15.0. The van der Waals surface area contributed by atoms with E-state index in [-0.39, 0.29) is 30.5 Å². The molecule has 7 heteroatoms. The molecule has 1 aromatic heterocycles. The number of carbonyl (C=O) groups is 3. The number of benzene rings is 2. The third kappa shape index (κ3) is 5.07. The molecule has 0 saturated carbocycles. The lowest BCUT2D eigenvalue weighted by Crippen LogP contribution is -2.36. The smallest absolute Gasteiger partial charge is 0.255 e. The summed E-state index contributed by atoms with van der Waals surface area (Å²) in [5.74, 6) is -0.515. The first-order chi connectivity index (χ1) is 13.6. The molecule has 3 N–H and O–H groups in total. The molecule has 142 valence electrons. The lowest BCUT2D eigenvalue weighted by atomic mass is 10.1. The molecule has 0 aliphatic heterocycles. The Morgan fingerprint density at radius 2 is 1.54 bits per heavy atom. The van der Waals surface area contributed by atoms with Gasteiger partial charge in [0.25, 0.3) is 11.8 Å². The molecule has 0 radical (unpaired) electrons. The third-order valence-electron chi connectivity index (χ3n) is 3.91. The minimum atomic E-state index is -0.461. The monoisotopic (exact) mass is 377 g/mol. The van der Waals surface area contributed by atoms with E-state index in [1.165, 1.54) is 6.26 Å². The maximum absolute atomic E-state index is 12.5. The number of anilines is 1. The summed E-state index contributed by atoms with van der Waals surface area (Å²) in [7, 11) is 0. The van der Waals surface area contributed by atoms with Crippen LogP contribution in [-0.4, -0.2) is 24.3 Å². The first kappa shape index (κ1) is 18.9. The van der Waals surface area contributed by atoms with Crippen LogP contribution >= 0.6 is 0 Å². The van der Waals surface area contributed by atoms with Gasteiger partial charge in [0.1, 0.15) is 5.76 Å². The van der Waals surface area contributed by atoms with Crippen molar-refractivity contribution in [2.75, 3.05) is 11.9 Å². The fraction of sp³-hybridized carbons (Fsp3) is 0.0952. The molecule has 0 unspecified atom stereocenters. The summed E-state index contributed by atoms with van der Waals surface area (Å²) in [5, 5.41) is 7.92. The molecule has 0 aliphatic carbocycles. The van der Waals surface area contributed by atoms with E-state index in [1.54, 1.807) is 60.7 Å². The van der Waals surface area contributed by atoms with E-state index in [4.69, 9.17) is 4.42 Å². The fourth-order valence-corrected chi connectivity index (χ4v) is 2.49. The van der Waals surface area contributed by atoms with Gasteiger partial charge in [-0.2, -0.15) is 0 Å². The molecule has 2 aromatic carbocycles. The van der Waals surface area contributed by atoms with Gasteiger partial charge in [-0.05, 0) is 36.4 Å². The van der Waals surface area contributed by atoms with Crippen LogP contribution in [0, 0.1) is 0 Å². The Morgan fingerprint density at radius 1 is 0.786 bits per heavy atom. The Balaban J connectivity index is 1.57. The highest BCUT2D eigenvalue weighted by Gasteiger charge is 2.15. The Hall–Kier alpha value is -3.87. The van der Waals surface area contributed by atoms with Crippen LogP contribution in [0.15, 0.2) is 77.4 Å². The molecule has 0 aliphatic rings. The largest absolute Gasteiger partial charge is 0.467 e. The lowest BCUT2D eigenvalue weighted by Gasteiger charge is -2.11. The Morgan fingerprint density at radius 3 is 2.29 bits per heavy atom. The second kappa shape index (κ2) is 9.18. The summed E-state index contributed by atoms with van der Waals surface area (Å²) in [4.78, 5) is 36.7. The van der Waals surface area contributed by atoms with Crippen LogP contribution in [0.3, 0.4) is 0 Å². The summed E-state index contributed by atoms with van der Waals surface area (Å²) in [6.07, 6.45) is 1.52. The number of rotatable bonds is 7. The summed E-state index contributed by atoms with van der Waals surface area (Å²) in [6.45, 7) is 0.0476. The Kier molecular flexibility index (Phi) is 6.20. The van der Waals surface area contributed by atoms with Crippen molar-refractivity contribution in [1.29, 1.82) is 0 Å². The van der Waals surface area contributed by atoms with Crippen molar-refractivity contribution in [3.05, 3.63) is 89.9 Å². The number of para-hydroxylation sites is 1. The number of amides is 3. The van der Waals surface area contributed by atoms with E-state index in [0.717, 1.165) is 0 Å². The van der Waals surface area contributed by atoms with Crippen LogP contribution in [-0.2, 0) is 11.3 Å². The maximum atomic E-state index is 12.5. The molecule has 0 bridgehead atoms. The molecule has 0 spiro atoms. The number of furan rings is 1. The minimum Gasteiger partial charge on any atom is -0.467 e. The molecule has 0 saturated heterocycles. The fourth-order valence-electron chi connectivity index (χ4n) is 2.49. The van der Waals surface area contributed by atoms with E-state index < -0.39 is 5.91 Å². The molecule has 3 amide bonds. The van der Waals surface area contributed by atoms with Crippen molar-refractivity contribution in [3.8, 4) is 0 Å². The van der Waals surface area contributed by atoms with Crippen molar-refractivity contribution in [3.63, 3.8) is 0 Å². The second-order valence-electron chi connectivity index (χ2n) is 5.90. The molecule has 3 aromatic rings. The van der Waals surface area contributed by atoms with Crippen LogP contribution in [0.1, 0.15) is 26.5 Å². The van der Waals surface area contributed by atoms with Gasteiger partial charge in [-0.3, -0.25) is 14.4 Å². The highest BCUT2D eigenvalue weighted by atomic mass is 16.3. The summed E-state index contributed by atoms with van der Waals surface area (Å²) < 4.78 is 5.13. The number of hydrogen-bond donors (Lipinski definition) is 3. The van der Waals surface area contributed by atoms with Crippen LogP contribution in [0.2, 0.25) is 0 Å². The van der Waals surface area contributed by atoms with Gasteiger partial charge in [-0.15, -0.1) is 0 Å². The summed E-state index contributed by atoms with van der Waals surface area (Å²) in [6, 6.07) is 18.8. The van der Waals surface area contributed by atoms with Crippen molar-refractivity contribution in [2.45, 2.75) is 6.54 Å². The zero-order valence-corrected chi connectivity index (χ0v) is 15.0. The lowest BCUT2D eigenvalue weighted by molar-refractivity contribution is -0.120. The van der Waals surface area contributed by atoms with Crippen LogP contribution in [0.5, 0.6) is 0 Å². The molecular formula is C21H19N3O4. The molecule has 0 fully saturated rings. The minimum absolute atomic E-state index is 0.194. The average Bonchev–Trinajstić information content (AvgIpc) is 3.25. The predicted octanol–water partition coefficient (Wildman–Crippen LogP) is 2.58. The van der Waals surface area contributed by atoms with E-state index in [1.807, 2.05) is 6.07 Å². The van der Waals surface area contributed by atoms with Gasteiger partial charge in [0.15, 0.2) is 0 Å². The Labute approximate surface area is 161 Å². The van der Waals surface area contributed by atoms with E-state index in [0.29, 0.717) is 17.0 Å². The van der Waals surface area contributed by atoms with Crippen molar-refractivity contribution in [1.82, 2.24) is 10.6 Å². The second-order valence-corrected chi connectivity index (χ2v) is 5.90. The molecule has 7 nitrogen and oxygen atoms in total. The third-order valence-corrected chi connectivity index (χ3v) is 3.91. The normalized spacial score (nSPS) is 10.1. The Bertz CT molecular complexity index is 953. The van der Waals surface area contributed by atoms with Crippen molar-refractivity contribution in [2.24, 2.45) is 0 Å². The molecule has 3 rings (SSSR count). The topological polar surface area (TPSA) is 100 Å². The number of hydrogen-bond acceptors (Lipinski definition) is 4. The van der Waals surface area contributed by atoms with Crippen molar-refractivity contribution >= 4 is 23.4 Å². The maximum Gasteiger partial charge on any atom is 0.255 e. The van der Waals surface area contributed by atoms with Gasteiger partial charge in [-0.25, -0.2) is 0 Å². The first-order valence-electron chi connectivity index (χ1n) is 8.66. The highest BCUT2D eigenvalue weighted by molar-refractivity contribution is 6.09. The molecule has 0 atom stereocenters. The number of nitrogens with one attached hydrogen (secondary N) is 3. The zero-order chi connectivity index (χ0) is 19.8. The van der Waals surface area contributed by atoms with E-state index in [2.05, 4.69) is 16.0 Å². The quantitative estimate of drug-likeness (QED) is 0.589. The van der Waals surface area contributed by atoms with Crippen molar-refractivity contribution < 1.29 is 18.8 Å². The number of carbonyl (C=O) groups excluding carboxylic acids is 3. The SMILES string of the molecule is O=C(CNC(=O)c1ccccc1NC(=O)c1ccccc1)NCc1ccco1. The van der Waals surface area contributed by atoms with Gasteiger partial charge in [-0.1, -0.05) is 30.3 Å². The van der Waals surface area contributed by atoms with Crippen LogP contribution in [0.25, 0.3) is 0 Å². The van der Waals surface area contributed by atoms with E-state index >= 15 is 0 Å². The standard InChI is InChI=1S/C21H19N3O4/c25-19(22-13-16-9-6-12-28-16)14-23-21(27)17-10-4-5-11-18(17)24-20(26)15-7-2-1-3-8-15/h1-12H,13-14H2,(H,22,25)(H,23,27)(H,24,26). The summed E-state index contributed by atoms with van der Waals surface area (Å²) >= 11 is 0. The van der Waals surface area contributed by atoms with Crippen LogP contribution in [0.4, 0.5) is 5.69 Å². The first-order valence-corrected chi connectivity index (χ1v) is 8.66. The molecular weight excluding hydrogens is 358 g/mol. The van der Waals surface area contributed by atoms with Gasteiger partial charge in [0, 0.05) is 5.56 Å². The molecule has 28 heavy (non-hydrogen) atoms. The average molecular weight is 377 g/mol. The van der Waals surface area contributed by atoms with Crippen LogP contribution < -0.4 is 16.0 Å². The van der Waals surface area contributed by atoms with Gasteiger partial charge < -0.3 is 20.4 Å². The molecule has 1 heterocycles. The summed E-state index contributed by atoms with van der Waals surface area (Å²) in [5.41, 5.74) is 1.12.